The van der Waals surface area contributed by atoms with E-state index in [-0.39, 0.29) is 29.8 Å². The van der Waals surface area contributed by atoms with Crippen LogP contribution in [0.25, 0.3) is 0 Å². The van der Waals surface area contributed by atoms with Crippen molar-refractivity contribution in [1.82, 2.24) is 0 Å². The Hall–Kier alpha value is -1.39. The van der Waals surface area contributed by atoms with E-state index in [1.807, 2.05) is 12.2 Å². The van der Waals surface area contributed by atoms with Crippen molar-refractivity contribution in [3.63, 3.8) is 0 Å². The Kier molecular flexibility index (Phi) is 7.66. The molecule has 0 radical (unpaired) electrons. The summed E-state index contributed by atoms with van der Waals surface area (Å²) in [5.74, 6) is -0.491. The third kappa shape index (κ3) is 5.55. The molecule has 2 rings (SSSR count). The Bertz CT molecular complexity index is 544. The van der Waals surface area contributed by atoms with Crippen molar-refractivity contribution >= 4 is 5.97 Å². The normalized spacial score (nSPS) is 29.3. The molecule has 26 heavy (non-hydrogen) atoms. The van der Waals surface area contributed by atoms with Crippen molar-refractivity contribution in [1.29, 1.82) is 0 Å². The first-order valence-corrected chi connectivity index (χ1v) is 9.91. The Labute approximate surface area is 157 Å². The molecule has 2 saturated carbocycles. The molecular formula is C22H34O4. The van der Waals surface area contributed by atoms with Crippen LogP contribution >= 0.6 is 0 Å². The van der Waals surface area contributed by atoms with Gasteiger partial charge in [0, 0.05) is 12.3 Å². The number of allylic oxidation sites excluding steroid dienone is 2. The van der Waals surface area contributed by atoms with Gasteiger partial charge in [0.25, 0.3) is 0 Å². The number of aliphatic hydroxyl groups is 2. The van der Waals surface area contributed by atoms with Gasteiger partial charge in [-0.1, -0.05) is 49.8 Å². The number of carboxylic acids is 1. The lowest BCUT2D eigenvalue weighted by atomic mass is 9.66. The second kappa shape index (κ2) is 9.52. The zero-order valence-electron chi connectivity index (χ0n) is 15.9. The fraction of sp³-hybridized carbons (Fsp3) is 0.682. The van der Waals surface area contributed by atoms with Crippen LogP contribution in [0.5, 0.6) is 0 Å². The number of rotatable bonds is 10. The molecule has 4 atom stereocenters. The van der Waals surface area contributed by atoms with Crippen molar-refractivity contribution in [3.8, 4) is 0 Å². The lowest BCUT2D eigenvalue weighted by Gasteiger charge is -2.42. The molecule has 0 spiro atoms. The highest BCUT2D eigenvalue weighted by Crippen LogP contribution is 2.44. The van der Waals surface area contributed by atoms with Crippen LogP contribution < -0.4 is 0 Å². The van der Waals surface area contributed by atoms with Crippen LogP contribution in [0.4, 0.5) is 0 Å². The van der Waals surface area contributed by atoms with Gasteiger partial charge in [-0.15, -0.1) is 0 Å². The van der Waals surface area contributed by atoms with E-state index in [0.29, 0.717) is 19.3 Å². The van der Waals surface area contributed by atoms with E-state index in [9.17, 15) is 15.0 Å². The number of hydrogen-bond acceptors (Lipinski definition) is 3. The van der Waals surface area contributed by atoms with Gasteiger partial charge in [0.15, 0.2) is 0 Å². The average molecular weight is 363 g/mol. The van der Waals surface area contributed by atoms with Crippen LogP contribution in [0, 0.1) is 17.3 Å². The van der Waals surface area contributed by atoms with Crippen molar-refractivity contribution in [3.05, 3.63) is 36.5 Å². The molecule has 0 saturated heterocycles. The maximum Gasteiger partial charge on any atom is 0.303 e. The molecule has 2 fully saturated rings. The largest absolute Gasteiger partial charge is 0.481 e. The van der Waals surface area contributed by atoms with Crippen molar-refractivity contribution in [2.24, 2.45) is 17.3 Å². The van der Waals surface area contributed by atoms with Crippen LogP contribution in [-0.4, -0.2) is 33.5 Å². The van der Waals surface area contributed by atoms with Crippen LogP contribution in [0.2, 0.25) is 0 Å². The molecule has 1 unspecified atom stereocenters. The second-order valence-corrected chi connectivity index (χ2v) is 8.29. The number of carbonyl (C=O) groups is 1. The summed E-state index contributed by atoms with van der Waals surface area (Å²) < 4.78 is 0. The minimum atomic E-state index is -0.756. The van der Waals surface area contributed by atoms with Gasteiger partial charge in [0.05, 0.1) is 12.2 Å². The standard InChI is InChI=1S/C22H34O4/c1-16-15-19(23)18(10-7-11-20(24)22(2)13-8-14-22)17(16)9-5-3-4-6-12-21(25)26/h3,5,7,10,17-20,23-24H,1,4,6,8-9,11-15H2,2H3,(H,25,26)/b5-3-,10-7+/t17-,18+,19+,20?/m0/s1. The van der Waals surface area contributed by atoms with E-state index in [4.69, 9.17) is 5.11 Å². The van der Waals surface area contributed by atoms with E-state index in [1.54, 1.807) is 0 Å². The molecule has 4 heteroatoms. The van der Waals surface area contributed by atoms with Crippen LogP contribution in [0.1, 0.15) is 64.7 Å². The predicted molar refractivity (Wildman–Crippen MR) is 104 cm³/mol. The van der Waals surface area contributed by atoms with Crippen LogP contribution in [0.15, 0.2) is 36.5 Å². The van der Waals surface area contributed by atoms with Gasteiger partial charge in [-0.2, -0.15) is 0 Å². The summed E-state index contributed by atoms with van der Waals surface area (Å²) in [5.41, 5.74) is 1.15. The molecule has 0 aromatic heterocycles. The first kappa shape index (κ1) is 20.9. The van der Waals surface area contributed by atoms with Gasteiger partial charge in [-0.3, -0.25) is 4.79 Å². The fourth-order valence-electron chi connectivity index (χ4n) is 4.13. The number of unbranched alkanes of at least 4 members (excludes halogenated alkanes) is 1. The summed E-state index contributed by atoms with van der Waals surface area (Å²) >= 11 is 0. The lowest BCUT2D eigenvalue weighted by Crippen LogP contribution is -2.38. The first-order valence-electron chi connectivity index (χ1n) is 9.91. The molecule has 2 aliphatic carbocycles. The van der Waals surface area contributed by atoms with E-state index >= 15 is 0 Å². The van der Waals surface area contributed by atoms with Gasteiger partial charge in [-0.05, 0) is 56.3 Å². The summed E-state index contributed by atoms with van der Waals surface area (Å²) in [5, 5.41) is 29.4. The monoisotopic (exact) mass is 362 g/mol. The number of hydrogen-bond donors (Lipinski definition) is 3. The zero-order valence-corrected chi connectivity index (χ0v) is 15.9. The lowest BCUT2D eigenvalue weighted by molar-refractivity contribution is -0.137. The topological polar surface area (TPSA) is 77.8 Å². The fourth-order valence-corrected chi connectivity index (χ4v) is 4.13. The average Bonchev–Trinajstić information content (AvgIpc) is 2.81. The highest BCUT2D eigenvalue weighted by molar-refractivity contribution is 5.66. The third-order valence-electron chi connectivity index (χ3n) is 6.24. The molecule has 0 amide bonds. The van der Waals surface area contributed by atoms with Gasteiger partial charge in [0.1, 0.15) is 0 Å². The third-order valence-corrected chi connectivity index (χ3v) is 6.24. The van der Waals surface area contributed by atoms with E-state index < -0.39 is 12.1 Å². The van der Waals surface area contributed by atoms with E-state index in [1.165, 1.54) is 6.42 Å². The second-order valence-electron chi connectivity index (χ2n) is 8.29. The quantitative estimate of drug-likeness (QED) is 0.401. The van der Waals surface area contributed by atoms with Crippen molar-refractivity contribution in [2.75, 3.05) is 0 Å². The van der Waals surface area contributed by atoms with Crippen LogP contribution in [-0.2, 0) is 4.79 Å². The SMILES string of the molecule is C=C1C[C@@H](O)[C@H](/C=C/CC(O)C2(C)CCC2)[C@H]1C/C=C\CCCC(=O)O. The number of aliphatic hydroxyl groups excluding tert-OH is 2. The van der Waals surface area contributed by atoms with Gasteiger partial charge < -0.3 is 15.3 Å². The zero-order chi connectivity index (χ0) is 19.2. The number of aliphatic carboxylic acids is 1. The van der Waals surface area contributed by atoms with Crippen molar-refractivity contribution < 1.29 is 20.1 Å². The molecule has 0 aromatic carbocycles. The Balaban J connectivity index is 1.82. The van der Waals surface area contributed by atoms with Gasteiger partial charge in [-0.25, -0.2) is 0 Å². The smallest absolute Gasteiger partial charge is 0.303 e. The Morgan fingerprint density at radius 3 is 2.69 bits per heavy atom. The van der Waals surface area contributed by atoms with Gasteiger partial charge >= 0.3 is 5.97 Å². The maximum atomic E-state index is 10.5. The molecule has 3 N–H and O–H groups in total. The summed E-state index contributed by atoms with van der Waals surface area (Å²) in [6.07, 6.45) is 14.6. The molecular weight excluding hydrogens is 328 g/mol. The Morgan fingerprint density at radius 1 is 1.35 bits per heavy atom. The van der Waals surface area contributed by atoms with E-state index in [2.05, 4.69) is 25.7 Å². The molecule has 0 aliphatic heterocycles. The maximum absolute atomic E-state index is 10.5. The summed E-state index contributed by atoms with van der Waals surface area (Å²) in [7, 11) is 0. The minimum absolute atomic E-state index is 0.0487. The van der Waals surface area contributed by atoms with Gasteiger partial charge in [0.2, 0.25) is 0 Å². The molecule has 4 nitrogen and oxygen atoms in total. The molecule has 146 valence electrons. The predicted octanol–water partition coefficient (Wildman–Crippen LogP) is 4.24. The van der Waals surface area contributed by atoms with E-state index in [0.717, 1.165) is 31.3 Å². The summed E-state index contributed by atoms with van der Waals surface area (Å²) in [6, 6.07) is 0. The molecule has 0 heterocycles. The highest BCUT2D eigenvalue weighted by Gasteiger charge is 2.38. The van der Waals surface area contributed by atoms with Crippen molar-refractivity contribution in [2.45, 2.75) is 76.9 Å². The van der Waals surface area contributed by atoms with Crippen LogP contribution in [0.3, 0.4) is 0 Å². The minimum Gasteiger partial charge on any atom is -0.481 e. The highest BCUT2D eigenvalue weighted by atomic mass is 16.4. The molecule has 0 aromatic rings. The molecule has 0 bridgehead atoms. The molecule has 2 aliphatic rings. The summed E-state index contributed by atoms with van der Waals surface area (Å²) in [4.78, 5) is 10.5. The summed E-state index contributed by atoms with van der Waals surface area (Å²) in [6.45, 7) is 6.28. The Morgan fingerprint density at radius 2 is 2.08 bits per heavy atom. The number of carboxylic acid groups (broad SMARTS) is 1. The first-order chi connectivity index (χ1) is 12.3.